The monoisotopic (exact) mass is 229 g/mol. The third kappa shape index (κ3) is 4.84. The summed E-state index contributed by atoms with van der Waals surface area (Å²) in [5, 5.41) is 2.95. The maximum absolute atomic E-state index is 11.5. The molecular weight excluding hydrogens is 204 g/mol. The van der Waals surface area contributed by atoms with E-state index in [2.05, 4.69) is 12.2 Å². The van der Waals surface area contributed by atoms with Crippen molar-refractivity contribution >= 4 is 6.09 Å². The zero-order valence-corrected chi connectivity index (χ0v) is 10.9. The predicted molar refractivity (Wildman–Crippen MR) is 63.6 cm³/mol. The molecule has 1 fully saturated rings. The van der Waals surface area contributed by atoms with Crippen molar-refractivity contribution in [2.24, 2.45) is 0 Å². The zero-order chi connectivity index (χ0) is 12.2. The Balaban J connectivity index is 2.26. The van der Waals surface area contributed by atoms with Gasteiger partial charge in [-0.2, -0.15) is 0 Å². The van der Waals surface area contributed by atoms with E-state index in [1.165, 1.54) is 6.54 Å². The number of likely N-dealkylation sites (tertiary alicyclic amines) is 1. The minimum atomic E-state index is -0.403. The van der Waals surface area contributed by atoms with E-state index in [-0.39, 0.29) is 6.09 Å². The van der Waals surface area contributed by atoms with Crippen LogP contribution in [-0.4, -0.2) is 37.4 Å². The minimum absolute atomic E-state index is 0.280. The van der Waals surface area contributed by atoms with Gasteiger partial charge in [-0.1, -0.05) is 0 Å². The normalized spacial score (nSPS) is 26.2. The van der Waals surface area contributed by atoms with Crippen LogP contribution >= 0.6 is 0 Å². The second-order valence-corrected chi connectivity index (χ2v) is 5.52. The molecule has 0 unspecified atom stereocenters. The molecule has 0 aromatic rings. The van der Waals surface area contributed by atoms with Crippen LogP contribution in [0.2, 0.25) is 0 Å². The number of nitrogens with one attached hydrogen (secondary N) is 2. The van der Waals surface area contributed by atoms with Crippen molar-refractivity contribution in [2.45, 2.75) is 52.2 Å². The largest absolute Gasteiger partial charge is 0.444 e. The van der Waals surface area contributed by atoms with Crippen LogP contribution in [0.1, 0.15) is 40.5 Å². The van der Waals surface area contributed by atoms with Crippen LogP contribution in [0.15, 0.2) is 0 Å². The summed E-state index contributed by atoms with van der Waals surface area (Å²) in [7, 11) is 0. The standard InChI is InChI=1S/C12H24N2O2/c1-5-14-8-6-10(7-9-14)13-11(15)16-12(2,3)4/h10H,5-9H2,1-4H3,(H,13,15)/p+1. The van der Waals surface area contributed by atoms with Gasteiger partial charge in [-0.05, 0) is 27.7 Å². The smallest absolute Gasteiger partial charge is 0.407 e. The summed E-state index contributed by atoms with van der Waals surface area (Å²) in [6, 6.07) is 0.296. The van der Waals surface area contributed by atoms with Crippen molar-refractivity contribution in [2.75, 3.05) is 19.6 Å². The van der Waals surface area contributed by atoms with Gasteiger partial charge in [-0.25, -0.2) is 4.79 Å². The Morgan fingerprint density at radius 1 is 1.38 bits per heavy atom. The van der Waals surface area contributed by atoms with Crippen LogP contribution in [0.25, 0.3) is 0 Å². The van der Waals surface area contributed by atoms with E-state index in [1.807, 2.05) is 20.8 Å². The van der Waals surface area contributed by atoms with Crippen LogP contribution in [0, 0.1) is 0 Å². The molecule has 0 saturated carbocycles. The van der Waals surface area contributed by atoms with Crippen LogP contribution in [0.3, 0.4) is 0 Å². The summed E-state index contributed by atoms with van der Waals surface area (Å²) in [5.41, 5.74) is -0.403. The third-order valence-electron chi connectivity index (χ3n) is 2.91. The Bertz CT molecular complexity index is 228. The molecule has 1 amide bonds. The Morgan fingerprint density at radius 2 is 1.94 bits per heavy atom. The minimum Gasteiger partial charge on any atom is -0.444 e. The first-order chi connectivity index (χ1) is 7.40. The molecule has 16 heavy (non-hydrogen) atoms. The van der Waals surface area contributed by atoms with Crippen molar-refractivity contribution in [1.29, 1.82) is 0 Å². The first kappa shape index (κ1) is 13.3. The summed E-state index contributed by atoms with van der Waals surface area (Å²) in [5.74, 6) is 0. The highest BCUT2D eigenvalue weighted by Gasteiger charge is 2.24. The van der Waals surface area contributed by atoms with Crippen molar-refractivity contribution in [3.8, 4) is 0 Å². The van der Waals surface area contributed by atoms with Gasteiger partial charge in [-0.15, -0.1) is 0 Å². The SMILES string of the molecule is CC[NH+]1CCC(NC(=O)OC(C)(C)C)CC1. The fourth-order valence-electron chi connectivity index (χ4n) is 2.00. The van der Waals surface area contributed by atoms with E-state index in [0.29, 0.717) is 6.04 Å². The molecule has 2 N–H and O–H groups in total. The zero-order valence-electron chi connectivity index (χ0n) is 10.9. The molecule has 0 aliphatic carbocycles. The number of hydrogen-bond donors (Lipinski definition) is 2. The van der Waals surface area contributed by atoms with Crippen LogP contribution < -0.4 is 10.2 Å². The summed E-state index contributed by atoms with van der Waals surface area (Å²) >= 11 is 0. The number of carbonyl (C=O) groups excluding carboxylic acids is 1. The van der Waals surface area contributed by atoms with Crippen LogP contribution in [0.5, 0.6) is 0 Å². The van der Waals surface area contributed by atoms with E-state index in [0.717, 1.165) is 25.9 Å². The number of ether oxygens (including phenoxy) is 1. The fourth-order valence-corrected chi connectivity index (χ4v) is 2.00. The first-order valence-electron chi connectivity index (χ1n) is 6.24. The van der Waals surface area contributed by atoms with E-state index >= 15 is 0 Å². The van der Waals surface area contributed by atoms with E-state index in [4.69, 9.17) is 4.74 Å². The lowest BCUT2D eigenvalue weighted by Gasteiger charge is -2.29. The lowest BCUT2D eigenvalue weighted by Crippen LogP contribution is -3.13. The number of quaternary nitrogens is 1. The van der Waals surface area contributed by atoms with Gasteiger partial charge >= 0.3 is 6.09 Å². The van der Waals surface area contributed by atoms with Crippen LogP contribution in [0.4, 0.5) is 4.79 Å². The molecule has 1 rings (SSSR count). The van der Waals surface area contributed by atoms with E-state index in [9.17, 15) is 4.79 Å². The van der Waals surface area contributed by atoms with Crippen molar-refractivity contribution in [3.05, 3.63) is 0 Å². The molecule has 0 aromatic carbocycles. The highest BCUT2D eigenvalue weighted by molar-refractivity contribution is 5.68. The predicted octanol–water partition coefficient (Wildman–Crippen LogP) is 0.578. The molecule has 94 valence electrons. The molecule has 0 atom stereocenters. The molecule has 0 radical (unpaired) electrons. The summed E-state index contributed by atoms with van der Waals surface area (Å²) in [4.78, 5) is 13.2. The average molecular weight is 229 g/mol. The molecule has 0 aromatic heterocycles. The number of carbonyl (C=O) groups is 1. The van der Waals surface area contributed by atoms with Crippen molar-refractivity contribution in [1.82, 2.24) is 5.32 Å². The number of hydrogen-bond acceptors (Lipinski definition) is 2. The molecule has 4 heteroatoms. The number of piperidine rings is 1. The van der Waals surface area contributed by atoms with E-state index in [1.54, 1.807) is 4.90 Å². The molecular formula is C12H25N2O2+. The Labute approximate surface area is 98.3 Å². The summed E-state index contributed by atoms with van der Waals surface area (Å²) in [6.45, 7) is 11.3. The second-order valence-electron chi connectivity index (χ2n) is 5.52. The van der Waals surface area contributed by atoms with Gasteiger partial charge in [-0.3, -0.25) is 0 Å². The molecule has 0 spiro atoms. The second kappa shape index (κ2) is 5.53. The number of amides is 1. The maximum Gasteiger partial charge on any atom is 0.407 e. The van der Waals surface area contributed by atoms with Gasteiger partial charge in [0.05, 0.1) is 19.6 Å². The first-order valence-corrected chi connectivity index (χ1v) is 6.24. The summed E-state index contributed by atoms with van der Waals surface area (Å²) < 4.78 is 5.24. The lowest BCUT2D eigenvalue weighted by atomic mass is 10.1. The molecule has 1 heterocycles. The van der Waals surface area contributed by atoms with Gasteiger partial charge in [0.15, 0.2) is 0 Å². The Kier molecular flexibility index (Phi) is 4.59. The Morgan fingerprint density at radius 3 is 2.38 bits per heavy atom. The van der Waals surface area contributed by atoms with Gasteiger partial charge in [0.1, 0.15) is 5.60 Å². The Hall–Kier alpha value is -0.770. The lowest BCUT2D eigenvalue weighted by molar-refractivity contribution is -0.903. The quantitative estimate of drug-likeness (QED) is 0.727. The summed E-state index contributed by atoms with van der Waals surface area (Å²) in [6.07, 6.45) is 1.84. The van der Waals surface area contributed by atoms with Gasteiger partial charge in [0.25, 0.3) is 0 Å². The fraction of sp³-hybridized carbons (Fsp3) is 0.917. The number of rotatable bonds is 2. The molecule has 4 nitrogen and oxygen atoms in total. The highest BCUT2D eigenvalue weighted by Crippen LogP contribution is 2.08. The third-order valence-corrected chi connectivity index (χ3v) is 2.91. The number of alkyl carbamates (subject to hydrolysis) is 1. The molecule has 0 bridgehead atoms. The molecule has 1 aliphatic rings. The molecule has 1 saturated heterocycles. The van der Waals surface area contributed by atoms with E-state index < -0.39 is 5.60 Å². The maximum atomic E-state index is 11.5. The topological polar surface area (TPSA) is 42.8 Å². The van der Waals surface area contributed by atoms with Crippen molar-refractivity contribution in [3.63, 3.8) is 0 Å². The van der Waals surface area contributed by atoms with Crippen LogP contribution in [-0.2, 0) is 4.74 Å². The average Bonchev–Trinajstić information content (AvgIpc) is 2.16. The molecule has 1 aliphatic heterocycles. The van der Waals surface area contributed by atoms with Gasteiger partial charge in [0.2, 0.25) is 0 Å². The van der Waals surface area contributed by atoms with Crippen molar-refractivity contribution < 1.29 is 14.4 Å². The van der Waals surface area contributed by atoms with Gasteiger partial charge in [0, 0.05) is 18.9 Å². The van der Waals surface area contributed by atoms with Gasteiger partial charge < -0.3 is 15.0 Å². The highest BCUT2D eigenvalue weighted by atomic mass is 16.6.